The number of nitrogens with two attached hydrogens (primary N) is 1. The average Bonchev–Trinajstić information content (AvgIpc) is 2.42. The minimum atomic E-state index is -0.546. The molecule has 0 saturated heterocycles. The van der Waals surface area contributed by atoms with Crippen LogP contribution in [0.2, 0.25) is 5.02 Å². The van der Waals surface area contributed by atoms with Crippen molar-refractivity contribution in [2.75, 3.05) is 4.90 Å². The van der Waals surface area contributed by atoms with Gasteiger partial charge in [-0.3, -0.25) is 9.69 Å². The second-order valence-corrected chi connectivity index (χ2v) is 4.06. The first-order chi connectivity index (χ1) is 9.16. The smallest absolute Gasteiger partial charge is 0.242 e. The standard InChI is InChI=1S/C13H11ClN4O/c14-10-8-16-13(17-9-10)18(7-6-12(15)19)11-4-2-1-3-5-11/h1-9H,(H2,15,19). The Bertz CT molecular complexity index is 583. The number of nitrogens with zero attached hydrogens (tertiary/aromatic N) is 3. The maximum absolute atomic E-state index is 10.9. The number of para-hydroxylation sites is 1. The van der Waals surface area contributed by atoms with Crippen LogP contribution in [-0.2, 0) is 4.79 Å². The highest BCUT2D eigenvalue weighted by Crippen LogP contribution is 2.22. The van der Waals surface area contributed by atoms with E-state index in [0.717, 1.165) is 5.69 Å². The van der Waals surface area contributed by atoms with Crippen LogP contribution in [-0.4, -0.2) is 15.9 Å². The molecule has 1 aromatic heterocycles. The SMILES string of the molecule is NC(=O)C=CN(c1ccccc1)c1ncc(Cl)cn1. The van der Waals surface area contributed by atoms with E-state index in [4.69, 9.17) is 17.3 Å². The summed E-state index contributed by atoms with van der Waals surface area (Å²) in [4.78, 5) is 20.7. The highest BCUT2D eigenvalue weighted by Gasteiger charge is 2.08. The molecule has 0 fully saturated rings. The number of amides is 1. The fraction of sp³-hybridized carbons (Fsp3) is 0. The molecule has 2 rings (SSSR count). The number of carbonyl (C=O) groups excluding carboxylic acids is 1. The number of primary amides is 1. The molecule has 0 bridgehead atoms. The summed E-state index contributed by atoms with van der Waals surface area (Å²) in [6.07, 6.45) is 5.72. The average molecular weight is 275 g/mol. The van der Waals surface area contributed by atoms with Crippen LogP contribution < -0.4 is 10.6 Å². The topological polar surface area (TPSA) is 72.1 Å². The molecule has 0 atom stereocenters. The van der Waals surface area contributed by atoms with Crippen LogP contribution in [0.15, 0.2) is 55.0 Å². The molecule has 1 aromatic carbocycles. The van der Waals surface area contributed by atoms with Crippen molar-refractivity contribution in [3.8, 4) is 0 Å². The summed E-state index contributed by atoms with van der Waals surface area (Å²) in [5.41, 5.74) is 5.91. The highest BCUT2D eigenvalue weighted by molar-refractivity contribution is 6.30. The van der Waals surface area contributed by atoms with Gasteiger partial charge in [-0.25, -0.2) is 9.97 Å². The van der Waals surface area contributed by atoms with Gasteiger partial charge in [0.05, 0.1) is 17.4 Å². The van der Waals surface area contributed by atoms with Gasteiger partial charge in [0.2, 0.25) is 11.9 Å². The summed E-state index contributed by atoms with van der Waals surface area (Å²) < 4.78 is 0. The molecule has 2 N–H and O–H groups in total. The molecule has 0 saturated carbocycles. The van der Waals surface area contributed by atoms with E-state index < -0.39 is 5.91 Å². The minimum absolute atomic E-state index is 0.396. The van der Waals surface area contributed by atoms with Gasteiger partial charge < -0.3 is 5.73 Å². The molecule has 0 unspecified atom stereocenters. The van der Waals surface area contributed by atoms with Gasteiger partial charge in [0.15, 0.2) is 0 Å². The highest BCUT2D eigenvalue weighted by atomic mass is 35.5. The van der Waals surface area contributed by atoms with Gasteiger partial charge in [-0.1, -0.05) is 29.8 Å². The van der Waals surface area contributed by atoms with Gasteiger partial charge in [0.25, 0.3) is 0 Å². The Morgan fingerprint density at radius 2 is 1.84 bits per heavy atom. The molecule has 1 heterocycles. The third-order valence-corrected chi connectivity index (χ3v) is 2.44. The normalized spacial score (nSPS) is 10.6. The fourth-order valence-electron chi connectivity index (χ4n) is 1.43. The van der Waals surface area contributed by atoms with Gasteiger partial charge in [-0.15, -0.1) is 0 Å². The van der Waals surface area contributed by atoms with Crippen molar-refractivity contribution in [1.82, 2.24) is 9.97 Å². The van der Waals surface area contributed by atoms with Crippen molar-refractivity contribution in [2.45, 2.75) is 0 Å². The van der Waals surface area contributed by atoms with Gasteiger partial charge in [-0.05, 0) is 12.1 Å². The Kier molecular flexibility index (Phi) is 4.10. The van der Waals surface area contributed by atoms with Crippen molar-refractivity contribution in [3.05, 3.63) is 60.0 Å². The largest absolute Gasteiger partial charge is 0.366 e. The van der Waals surface area contributed by atoms with E-state index in [1.807, 2.05) is 30.3 Å². The van der Waals surface area contributed by atoms with Crippen LogP contribution in [0.1, 0.15) is 0 Å². The zero-order chi connectivity index (χ0) is 13.7. The number of carbonyl (C=O) groups is 1. The fourth-order valence-corrected chi connectivity index (χ4v) is 1.53. The third-order valence-electron chi connectivity index (χ3n) is 2.24. The molecule has 0 aliphatic heterocycles. The van der Waals surface area contributed by atoms with Crippen LogP contribution in [0, 0.1) is 0 Å². The quantitative estimate of drug-likeness (QED) is 0.868. The van der Waals surface area contributed by atoms with Crippen LogP contribution >= 0.6 is 11.6 Å². The number of rotatable bonds is 4. The summed E-state index contributed by atoms with van der Waals surface area (Å²) in [6.45, 7) is 0. The maximum Gasteiger partial charge on any atom is 0.242 e. The van der Waals surface area contributed by atoms with E-state index in [1.54, 1.807) is 4.90 Å². The van der Waals surface area contributed by atoms with E-state index in [0.29, 0.717) is 11.0 Å². The van der Waals surface area contributed by atoms with Crippen molar-refractivity contribution in [3.63, 3.8) is 0 Å². The van der Waals surface area contributed by atoms with Crippen LogP contribution in [0.25, 0.3) is 0 Å². The molecule has 19 heavy (non-hydrogen) atoms. The monoisotopic (exact) mass is 274 g/mol. The molecule has 0 aliphatic carbocycles. The van der Waals surface area contributed by atoms with Gasteiger partial charge in [0, 0.05) is 18.0 Å². The van der Waals surface area contributed by atoms with Gasteiger partial charge >= 0.3 is 0 Å². The first-order valence-corrected chi connectivity index (χ1v) is 5.84. The van der Waals surface area contributed by atoms with Crippen molar-refractivity contribution in [2.24, 2.45) is 5.73 Å². The lowest BCUT2D eigenvalue weighted by molar-refractivity contribution is -0.113. The Hall–Kier alpha value is -2.40. The minimum Gasteiger partial charge on any atom is -0.366 e. The number of benzene rings is 1. The first kappa shape index (κ1) is 13.0. The predicted molar refractivity (Wildman–Crippen MR) is 74.0 cm³/mol. The first-order valence-electron chi connectivity index (χ1n) is 5.46. The van der Waals surface area contributed by atoms with Gasteiger partial charge in [0.1, 0.15) is 0 Å². The van der Waals surface area contributed by atoms with E-state index >= 15 is 0 Å². The van der Waals surface area contributed by atoms with Gasteiger partial charge in [-0.2, -0.15) is 0 Å². The molecule has 0 spiro atoms. The lowest BCUT2D eigenvalue weighted by Gasteiger charge is -2.17. The third kappa shape index (κ3) is 3.53. The lowest BCUT2D eigenvalue weighted by atomic mass is 10.3. The van der Waals surface area contributed by atoms with Crippen LogP contribution in [0.4, 0.5) is 11.6 Å². The Morgan fingerprint density at radius 1 is 1.21 bits per heavy atom. The molecule has 6 heteroatoms. The Labute approximate surface area is 115 Å². The number of aromatic nitrogens is 2. The summed E-state index contributed by atoms with van der Waals surface area (Å²) in [7, 11) is 0. The number of halogens is 1. The zero-order valence-corrected chi connectivity index (χ0v) is 10.7. The van der Waals surface area contributed by atoms with Crippen molar-refractivity contribution < 1.29 is 4.79 Å². The molecule has 96 valence electrons. The molecule has 2 aromatic rings. The molecule has 5 nitrogen and oxygen atoms in total. The van der Waals surface area contributed by atoms with Crippen LogP contribution in [0.5, 0.6) is 0 Å². The van der Waals surface area contributed by atoms with E-state index in [9.17, 15) is 4.79 Å². The molecule has 0 aliphatic rings. The van der Waals surface area contributed by atoms with E-state index in [2.05, 4.69) is 9.97 Å². The Balaban J connectivity index is 2.39. The lowest BCUT2D eigenvalue weighted by Crippen LogP contribution is -2.14. The molecule has 0 radical (unpaired) electrons. The summed E-state index contributed by atoms with van der Waals surface area (Å²) in [6, 6.07) is 9.36. The maximum atomic E-state index is 10.9. The number of hydrogen-bond donors (Lipinski definition) is 1. The summed E-state index contributed by atoms with van der Waals surface area (Å²) in [5, 5.41) is 0.440. The molecule has 1 amide bonds. The predicted octanol–water partition coefficient (Wildman–Crippen LogP) is 2.27. The molecular formula is C13H11ClN4O. The second-order valence-electron chi connectivity index (χ2n) is 3.62. The van der Waals surface area contributed by atoms with E-state index in [-0.39, 0.29) is 0 Å². The number of anilines is 2. The number of hydrogen-bond acceptors (Lipinski definition) is 4. The van der Waals surface area contributed by atoms with Crippen molar-refractivity contribution >= 4 is 29.1 Å². The van der Waals surface area contributed by atoms with E-state index in [1.165, 1.54) is 24.7 Å². The summed E-state index contributed by atoms with van der Waals surface area (Å²) in [5.74, 6) is -0.150. The molecular weight excluding hydrogens is 264 g/mol. The second kappa shape index (κ2) is 5.97. The summed E-state index contributed by atoms with van der Waals surface area (Å²) >= 11 is 5.75. The van der Waals surface area contributed by atoms with Crippen LogP contribution in [0.3, 0.4) is 0 Å². The zero-order valence-electron chi connectivity index (χ0n) is 9.90. The Morgan fingerprint density at radius 3 is 2.42 bits per heavy atom. The van der Waals surface area contributed by atoms with Crippen molar-refractivity contribution in [1.29, 1.82) is 0 Å².